The molecule has 0 radical (unpaired) electrons. The number of ether oxygens (including phenoxy) is 2. The van der Waals surface area contributed by atoms with Crippen molar-refractivity contribution in [3.05, 3.63) is 59.7 Å². The number of hydrogen-bond acceptors (Lipinski definition) is 4. The normalized spacial score (nSPS) is 19.2. The first-order valence-electron chi connectivity index (χ1n) is 11.0. The van der Waals surface area contributed by atoms with Crippen LogP contribution in [0.5, 0.6) is 11.5 Å². The molecule has 4 nitrogen and oxygen atoms in total. The van der Waals surface area contributed by atoms with Crippen molar-refractivity contribution in [2.45, 2.75) is 50.5 Å². The van der Waals surface area contributed by atoms with Crippen LogP contribution >= 0.6 is 11.8 Å². The molecule has 4 rings (SSSR count). The third-order valence-corrected chi connectivity index (χ3v) is 7.42. The second kappa shape index (κ2) is 10.3. The molecule has 1 atom stereocenters. The first-order valence-corrected chi connectivity index (χ1v) is 12.0. The van der Waals surface area contributed by atoms with Crippen LogP contribution in [0, 0.1) is 5.92 Å². The van der Waals surface area contributed by atoms with Crippen LogP contribution in [0.25, 0.3) is 0 Å². The Labute approximate surface area is 183 Å². The zero-order valence-electron chi connectivity index (χ0n) is 17.7. The minimum Gasteiger partial charge on any atom is -0.493 e. The number of rotatable bonds is 8. The van der Waals surface area contributed by atoms with Crippen molar-refractivity contribution in [1.29, 1.82) is 0 Å². The van der Waals surface area contributed by atoms with Crippen LogP contribution in [0.4, 0.5) is 0 Å². The Morgan fingerprint density at radius 3 is 2.67 bits per heavy atom. The van der Waals surface area contributed by atoms with E-state index in [1.54, 1.807) is 7.11 Å². The van der Waals surface area contributed by atoms with E-state index in [-0.39, 0.29) is 5.37 Å². The van der Waals surface area contributed by atoms with Gasteiger partial charge >= 0.3 is 0 Å². The van der Waals surface area contributed by atoms with Gasteiger partial charge in [0.1, 0.15) is 12.0 Å². The molecule has 5 heteroatoms. The van der Waals surface area contributed by atoms with Gasteiger partial charge in [-0.3, -0.25) is 4.79 Å². The first kappa shape index (κ1) is 21.1. The van der Waals surface area contributed by atoms with Gasteiger partial charge in [0.2, 0.25) is 5.91 Å². The summed E-state index contributed by atoms with van der Waals surface area (Å²) in [4.78, 5) is 15.0. The summed E-state index contributed by atoms with van der Waals surface area (Å²) in [5.41, 5.74) is 2.23. The van der Waals surface area contributed by atoms with Gasteiger partial charge in [0.25, 0.3) is 0 Å². The number of thioether (sulfide) groups is 1. The van der Waals surface area contributed by atoms with Crippen molar-refractivity contribution in [2.24, 2.45) is 5.92 Å². The zero-order valence-corrected chi connectivity index (χ0v) is 18.5. The Morgan fingerprint density at radius 2 is 1.90 bits per heavy atom. The average molecular weight is 426 g/mol. The van der Waals surface area contributed by atoms with Gasteiger partial charge in [-0.1, -0.05) is 62.1 Å². The highest BCUT2D eigenvalue weighted by Crippen LogP contribution is 2.42. The van der Waals surface area contributed by atoms with E-state index in [2.05, 4.69) is 11.0 Å². The molecular formula is C25H31NO3S. The van der Waals surface area contributed by atoms with Gasteiger partial charge in [-0.25, -0.2) is 0 Å². The summed E-state index contributed by atoms with van der Waals surface area (Å²) < 4.78 is 11.6. The Bertz CT molecular complexity index is 836. The van der Waals surface area contributed by atoms with Gasteiger partial charge in [0.05, 0.1) is 7.11 Å². The molecular weight excluding hydrogens is 394 g/mol. The fraction of sp³-hybridized carbons (Fsp3) is 0.480. The van der Waals surface area contributed by atoms with Gasteiger partial charge in [-0.2, -0.15) is 0 Å². The van der Waals surface area contributed by atoms with Crippen LogP contribution in [0.1, 0.15) is 55.0 Å². The third kappa shape index (κ3) is 5.12. The van der Waals surface area contributed by atoms with Gasteiger partial charge in [-0.15, -0.1) is 11.8 Å². The summed E-state index contributed by atoms with van der Waals surface area (Å²) in [5, 5.41) is 0.0677. The first-order chi connectivity index (χ1) is 14.7. The van der Waals surface area contributed by atoms with Crippen molar-refractivity contribution in [1.82, 2.24) is 4.90 Å². The maximum Gasteiger partial charge on any atom is 0.223 e. The number of methoxy groups -OCH3 is 1. The number of nitrogens with zero attached hydrogens (tertiary/aromatic N) is 1. The number of benzene rings is 2. The lowest BCUT2D eigenvalue weighted by atomic mass is 10.0. The van der Waals surface area contributed by atoms with Gasteiger partial charge < -0.3 is 14.4 Å². The zero-order chi connectivity index (χ0) is 20.8. The molecule has 2 aromatic carbocycles. The fourth-order valence-corrected chi connectivity index (χ4v) is 5.73. The molecule has 0 aromatic heterocycles. The van der Waals surface area contributed by atoms with Gasteiger partial charge in [-0.05, 0) is 35.6 Å². The van der Waals surface area contributed by atoms with E-state index in [9.17, 15) is 4.79 Å². The molecule has 1 saturated heterocycles. The summed E-state index contributed by atoms with van der Waals surface area (Å²) in [5.74, 6) is 3.47. The lowest BCUT2D eigenvalue weighted by Gasteiger charge is -2.25. The molecule has 1 amide bonds. The molecule has 1 saturated carbocycles. The van der Waals surface area contributed by atoms with E-state index >= 15 is 0 Å². The largest absolute Gasteiger partial charge is 0.493 e. The van der Waals surface area contributed by atoms with E-state index in [4.69, 9.17) is 9.47 Å². The van der Waals surface area contributed by atoms with Crippen LogP contribution < -0.4 is 9.47 Å². The van der Waals surface area contributed by atoms with Crippen molar-refractivity contribution < 1.29 is 14.3 Å². The number of hydrogen-bond donors (Lipinski definition) is 0. The second-order valence-electron chi connectivity index (χ2n) is 8.18. The number of carbonyl (C=O) groups excluding carboxylic acids is 1. The summed E-state index contributed by atoms with van der Waals surface area (Å²) in [6.45, 7) is 1.33. The van der Waals surface area contributed by atoms with Crippen molar-refractivity contribution in [2.75, 3.05) is 19.4 Å². The van der Waals surface area contributed by atoms with E-state index < -0.39 is 0 Å². The maximum atomic E-state index is 12.9. The fourth-order valence-electron chi connectivity index (χ4n) is 4.46. The minimum atomic E-state index is 0.0677. The van der Waals surface area contributed by atoms with Gasteiger partial charge in [0.15, 0.2) is 11.5 Å². The molecule has 160 valence electrons. The maximum absolute atomic E-state index is 12.9. The predicted octanol–water partition coefficient (Wildman–Crippen LogP) is 5.82. The highest BCUT2D eigenvalue weighted by Gasteiger charge is 2.31. The Morgan fingerprint density at radius 1 is 1.10 bits per heavy atom. The Hall–Kier alpha value is -2.14. The molecule has 2 aliphatic rings. The molecule has 1 heterocycles. The van der Waals surface area contributed by atoms with Crippen molar-refractivity contribution >= 4 is 17.7 Å². The lowest BCUT2D eigenvalue weighted by Crippen LogP contribution is -2.30. The predicted molar refractivity (Wildman–Crippen MR) is 122 cm³/mol. The summed E-state index contributed by atoms with van der Waals surface area (Å²) in [7, 11) is 1.67. The van der Waals surface area contributed by atoms with Crippen LogP contribution in [-0.2, 0) is 11.4 Å². The highest BCUT2D eigenvalue weighted by atomic mass is 32.2. The molecule has 2 aromatic rings. The Balaban J connectivity index is 1.41. The summed E-state index contributed by atoms with van der Waals surface area (Å²) >= 11 is 1.83. The van der Waals surface area contributed by atoms with Crippen LogP contribution in [0.15, 0.2) is 48.5 Å². The molecule has 2 fully saturated rings. The van der Waals surface area contributed by atoms with E-state index in [0.717, 1.165) is 41.5 Å². The smallest absolute Gasteiger partial charge is 0.223 e. The molecule has 0 N–H and O–H groups in total. The number of amides is 1. The average Bonchev–Trinajstić information content (AvgIpc) is 3.49. The summed E-state index contributed by atoms with van der Waals surface area (Å²) in [6.07, 6.45) is 6.98. The van der Waals surface area contributed by atoms with E-state index in [0.29, 0.717) is 24.7 Å². The standard InChI is InChI=1S/C25H31NO3S/c1-28-23-17-21(12-13-22(23)29-18-20-9-3-2-4-10-20)25-26(15-16-30-25)24(27)14-11-19-7-5-6-8-19/h2-4,9-10,12-13,17,19,25H,5-8,11,14-16,18H2,1H3. The van der Waals surface area contributed by atoms with Crippen LogP contribution in [0.3, 0.4) is 0 Å². The second-order valence-corrected chi connectivity index (χ2v) is 9.37. The van der Waals surface area contributed by atoms with E-state index in [1.165, 1.54) is 25.7 Å². The van der Waals surface area contributed by atoms with Gasteiger partial charge in [0, 0.05) is 18.7 Å². The topological polar surface area (TPSA) is 38.8 Å². The molecule has 1 unspecified atom stereocenters. The van der Waals surface area contributed by atoms with E-state index in [1.807, 2.05) is 54.2 Å². The number of carbonyl (C=O) groups is 1. The molecule has 0 bridgehead atoms. The minimum absolute atomic E-state index is 0.0677. The van der Waals surface area contributed by atoms with Crippen LogP contribution in [-0.4, -0.2) is 30.2 Å². The quantitative estimate of drug-likeness (QED) is 0.534. The molecule has 0 spiro atoms. The third-order valence-electron chi connectivity index (χ3n) is 6.16. The molecule has 30 heavy (non-hydrogen) atoms. The monoisotopic (exact) mass is 425 g/mol. The molecule has 1 aliphatic heterocycles. The lowest BCUT2D eigenvalue weighted by molar-refractivity contribution is -0.131. The summed E-state index contributed by atoms with van der Waals surface area (Å²) in [6, 6.07) is 16.2. The Kier molecular flexibility index (Phi) is 7.21. The van der Waals surface area contributed by atoms with Crippen LogP contribution in [0.2, 0.25) is 0 Å². The van der Waals surface area contributed by atoms with Crippen molar-refractivity contribution in [3.63, 3.8) is 0 Å². The SMILES string of the molecule is COc1cc(C2SCCN2C(=O)CCC2CCCC2)ccc1OCc1ccccc1. The van der Waals surface area contributed by atoms with Crippen molar-refractivity contribution in [3.8, 4) is 11.5 Å². The highest BCUT2D eigenvalue weighted by molar-refractivity contribution is 7.99. The molecule has 1 aliphatic carbocycles.